The Morgan fingerprint density at radius 3 is 2.67 bits per heavy atom. The second-order valence-electron chi connectivity index (χ2n) is 3.28. The quantitative estimate of drug-likeness (QED) is 0.513. The Hall–Kier alpha value is -1.35. The summed E-state index contributed by atoms with van der Waals surface area (Å²) in [6, 6.07) is 10.5. The van der Waals surface area contributed by atoms with E-state index in [9.17, 15) is 0 Å². The van der Waals surface area contributed by atoms with E-state index >= 15 is 0 Å². The van der Waals surface area contributed by atoms with Crippen molar-refractivity contribution in [3.8, 4) is 0 Å². The van der Waals surface area contributed by atoms with E-state index in [2.05, 4.69) is 48.8 Å². The van der Waals surface area contributed by atoms with Gasteiger partial charge >= 0.3 is 0 Å². The number of hydrogen-bond acceptors (Lipinski definition) is 0. The van der Waals surface area contributed by atoms with Crippen LogP contribution in [0.3, 0.4) is 0 Å². The lowest BCUT2D eigenvalue weighted by Gasteiger charge is -2.06. The maximum Gasteiger partial charge on any atom is -0.0103 e. The van der Waals surface area contributed by atoms with Gasteiger partial charge in [-0.05, 0) is 35.3 Å². The van der Waals surface area contributed by atoms with Crippen molar-refractivity contribution in [3.05, 3.63) is 71.2 Å². The van der Waals surface area contributed by atoms with Gasteiger partial charge in [0.05, 0.1) is 0 Å². The van der Waals surface area contributed by atoms with Crippen molar-refractivity contribution in [2.75, 3.05) is 6.66 Å². The van der Waals surface area contributed by atoms with Crippen LogP contribution in [0.25, 0.3) is 5.57 Å². The number of benzene rings is 1. The van der Waals surface area contributed by atoms with Crippen LogP contribution >= 0.6 is 8.58 Å². The smallest absolute Gasteiger partial charge is 0.0103 e. The highest BCUT2D eigenvalue weighted by Gasteiger charge is 2.03. The second-order valence-corrected chi connectivity index (χ2v) is 4.32. The summed E-state index contributed by atoms with van der Waals surface area (Å²) in [7, 11) is 0.799. The normalized spacial score (nSPS) is 15.3. The van der Waals surface area contributed by atoms with Crippen molar-refractivity contribution in [1.29, 1.82) is 0 Å². The largest absolute Gasteiger partial charge is 0.120 e. The molecule has 0 amide bonds. The van der Waals surface area contributed by atoms with Crippen molar-refractivity contribution < 1.29 is 0 Å². The molecular weight excluding hydrogens is 199 g/mol. The Labute approximate surface area is 92.5 Å². The number of allylic oxidation sites excluding steroid dienone is 5. The molecule has 0 aromatic heterocycles. The first kappa shape index (κ1) is 10.2. The summed E-state index contributed by atoms with van der Waals surface area (Å²) in [5, 5.41) is 1.37. The van der Waals surface area contributed by atoms with Crippen LogP contribution < -0.4 is 0 Å². The third-order valence-electron chi connectivity index (χ3n) is 2.33. The van der Waals surface area contributed by atoms with Crippen LogP contribution in [0.4, 0.5) is 0 Å². The fourth-order valence-corrected chi connectivity index (χ4v) is 2.30. The van der Waals surface area contributed by atoms with Gasteiger partial charge < -0.3 is 0 Å². The minimum atomic E-state index is 0.799. The molecule has 0 saturated heterocycles. The van der Waals surface area contributed by atoms with Gasteiger partial charge in [-0.2, -0.15) is 0 Å². The Bertz CT molecular complexity index is 457. The average molecular weight is 212 g/mol. The molecule has 1 heteroatoms. The molecule has 74 valence electrons. The molecule has 1 aromatic carbocycles. The third-order valence-corrected chi connectivity index (χ3v) is 3.28. The van der Waals surface area contributed by atoms with Gasteiger partial charge in [0.1, 0.15) is 0 Å². The first-order valence-corrected chi connectivity index (χ1v) is 6.48. The molecule has 1 aliphatic carbocycles. The zero-order valence-electron chi connectivity index (χ0n) is 8.70. The van der Waals surface area contributed by atoms with Crippen LogP contribution in [-0.2, 0) is 0 Å². The summed E-state index contributed by atoms with van der Waals surface area (Å²) in [4.78, 5) is 0. The molecule has 0 saturated carbocycles. The first-order chi connectivity index (χ1) is 7.42. The van der Waals surface area contributed by atoms with Crippen molar-refractivity contribution >= 4 is 14.2 Å². The van der Waals surface area contributed by atoms with E-state index in [1.807, 2.05) is 18.2 Å². The molecule has 1 atom stereocenters. The standard InChI is InChI=1S/C14H13P/c1-15-14-11-7-3-6-10-13(14)12-8-4-2-5-9-12/h2-6,8-11,15H,1H3. The van der Waals surface area contributed by atoms with Crippen LogP contribution in [0.2, 0.25) is 0 Å². The fraction of sp³-hybridized carbons (Fsp3) is 0.0714. The number of hydrogen-bond donors (Lipinski definition) is 0. The van der Waals surface area contributed by atoms with Gasteiger partial charge in [-0.15, -0.1) is 5.73 Å². The van der Waals surface area contributed by atoms with Gasteiger partial charge in [0.2, 0.25) is 0 Å². The molecule has 0 nitrogen and oxygen atoms in total. The van der Waals surface area contributed by atoms with Gasteiger partial charge in [0.15, 0.2) is 0 Å². The van der Waals surface area contributed by atoms with E-state index < -0.39 is 0 Å². The van der Waals surface area contributed by atoms with Crippen LogP contribution in [0.5, 0.6) is 0 Å². The van der Waals surface area contributed by atoms with Crippen molar-refractivity contribution in [2.24, 2.45) is 0 Å². The highest BCUT2D eigenvalue weighted by atomic mass is 31.1. The molecule has 0 fully saturated rings. The molecule has 15 heavy (non-hydrogen) atoms. The van der Waals surface area contributed by atoms with Gasteiger partial charge in [-0.3, -0.25) is 0 Å². The molecule has 1 aliphatic rings. The molecule has 0 spiro atoms. The summed E-state index contributed by atoms with van der Waals surface area (Å²) in [6.45, 7) is 2.20. The van der Waals surface area contributed by atoms with E-state index in [0.717, 1.165) is 8.58 Å². The second kappa shape index (κ2) is 4.94. The van der Waals surface area contributed by atoms with Gasteiger partial charge in [-0.25, -0.2) is 0 Å². The van der Waals surface area contributed by atoms with E-state index in [-0.39, 0.29) is 0 Å². The molecule has 1 aromatic rings. The minimum Gasteiger partial charge on any atom is -0.120 e. The lowest BCUT2D eigenvalue weighted by atomic mass is 10.1. The monoisotopic (exact) mass is 212 g/mol. The lowest BCUT2D eigenvalue weighted by molar-refractivity contribution is 1.61. The summed E-state index contributed by atoms with van der Waals surface area (Å²) >= 11 is 0. The highest BCUT2D eigenvalue weighted by Crippen LogP contribution is 2.31. The predicted octanol–water partition coefficient (Wildman–Crippen LogP) is 3.99. The predicted molar refractivity (Wildman–Crippen MR) is 69.4 cm³/mol. The fourth-order valence-electron chi connectivity index (χ4n) is 1.58. The zero-order chi connectivity index (χ0) is 10.5. The topological polar surface area (TPSA) is 0 Å². The third kappa shape index (κ3) is 2.36. The molecule has 1 unspecified atom stereocenters. The molecule has 0 radical (unpaired) electrons. The summed E-state index contributed by atoms with van der Waals surface area (Å²) < 4.78 is 0. The molecule has 2 rings (SSSR count). The zero-order valence-corrected chi connectivity index (χ0v) is 9.70. The average Bonchev–Trinajstić information content (AvgIpc) is 2.55. The van der Waals surface area contributed by atoms with Crippen molar-refractivity contribution in [1.82, 2.24) is 0 Å². The summed E-state index contributed by atoms with van der Waals surface area (Å²) in [6.07, 6.45) is 8.25. The molecular formula is C14H13P. The maximum absolute atomic E-state index is 3.16. The minimum absolute atomic E-state index is 0.799. The van der Waals surface area contributed by atoms with E-state index in [4.69, 9.17) is 0 Å². The summed E-state index contributed by atoms with van der Waals surface area (Å²) in [5.41, 5.74) is 5.76. The SMILES string of the molecule is CPC1=C(c2ccccc2)C=CC=C=C1. The lowest BCUT2D eigenvalue weighted by Crippen LogP contribution is -1.82. The molecule has 0 bridgehead atoms. The Morgan fingerprint density at radius 1 is 1.13 bits per heavy atom. The van der Waals surface area contributed by atoms with E-state index in [1.54, 1.807) is 0 Å². The van der Waals surface area contributed by atoms with Crippen molar-refractivity contribution in [3.63, 3.8) is 0 Å². The van der Waals surface area contributed by atoms with Gasteiger partial charge in [-0.1, -0.05) is 51.1 Å². The van der Waals surface area contributed by atoms with E-state index in [0.29, 0.717) is 0 Å². The van der Waals surface area contributed by atoms with E-state index in [1.165, 1.54) is 16.5 Å². The molecule has 0 heterocycles. The van der Waals surface area contributed by atoms with Crippen molar-refractivity contribution in [2.45, 2.75) is 0 Å². The summed E-state index contributed by atoms with van der Waals surface area (Å²) in [5.74, 6) is 0. The maximum atomic E-state index is 3.16. The number of rotatable bonds is 2. The Balaban J connectivity index is 2.52. The molecule has 0 N–H and O–H groups in total. The highest BCUT2D eigenvalue weighted by molar-refractivity contribution is 7.42. The van der Waals surface area contributed by atoms with Crippen LogP contribution in [0.15, 0.2) is 65.7 Å². The van der Waals surface area contributed by atoms with Gasteiger partial charge in [0, 0.05) is 0 Å². The van der Waals surface area contributed by atoms with Crippen LogP contribution in [0.1, 0.15) is 5.56 Å². The van der Waals surface area contributed by atoms with Gasteiger partial charge in [0.25, 0.3) is 0 Å². The Kier molecular flexibility index (Phi) is 3.35. The molecule has 0 aliphatic heterocycles. The first-order valence-electron chi connectivity index (χ1n) is 4.98. The van der Waals surface area contributed by atoms with Crippen LogP contribution in [0, 0.1) is 0 Å². The Morgan fingerprint density at radius 2 is 1.93 bits per heavy atom. The van der Waals surface area contributed by atoms with Crippen LogP contribution in [-0.4, -0.2) is 6.66 Å².